The molecule has 4 aliphatic rings. The van der Waals surface area contributed by atoms with E-state index in [1.54, 1.807) is 0 Å². The molecular formula is C43H80O22. The van der Waals surface area contributed by atoms with Gasteiger partial charge in [-0.2, -0.15) is 0 Å². The first-order valence-electron chi connectivity index (χ1n) is 23.7. The third-order valence-corrected chi connectivity index (χ3v) is 12.8. The van der Waals surface area contributed by atoms with Gasteiger partial charge in [0.25, 0.3) is 0 Å². The third-order valence-electron chi connectivity index (χ3n) is 12.8. The summed E-state index contributed by atoms with van der Waals surface area (Å²) in [5, 5.41) is 142. The van der Waals surface area contributed by atoms with E-state index in [9.17, 15) is 71.5 Å². The standard InChI is InChI=1S/C43H80O22/c44-19-24-29(48)32(51)36(55)42(61-24)64-39-26(21-46)60-28(31(50)34(39)53)23-58-17-15-13-11-9-7-5-3-1-2-4-6-8-10-12-14-16-18-59-41-38(57)35(54)40(27(22-47)63-41)65-43-37(56)33(52)30(49)25(20-45)62-43/h24-57H,1-23H2/t24?,25?,26?,27?,28-,29?,30?,31?,32-,33+,34+,35-,36?,37?,38?,39?,40?,41+,42-,43+/m0/s1. The van der Waals surface area contributed by atoms with Crippen LogP contribution in [0.3, 0.4) is 0 Å². The lowest BCUT2D eigenvalue weighted by molar-refractivity contribution is -0.359. The van der Waals surface area contributed by atoms with Crippen molar-refractivity contribution < 1.29 is 109 Å². The summed E-state index contributed by atoms with van der Waals surface area (Å²) in [6.45, 7) is -1.87. The van der Waals surface area contributed by atoms with Gasteiger partial charge in [-0.1, -0.05) is 89.9 Å². The molecule has 384 valence electrons. The molecule has 12 unspecified atom stereocenters. The second-order valence-electron chi connectivity index (χ2n) is 17.8. The molecule has 4 rings (SSSR count). The highest BCUT2D eigenvalue weighted by atomic mass is 16.7. The lowest BCUT2D eigenvalue weighted by Gasteiger charge is -2.46. The molecule has 0 amide bonds. The van der Waals surface area contributed by atoms with Crippen molar-refractivity contribution in [3.8, 4) is 0 Å². The fourth-order valence-electron chi connectivity index (χ4n) is 8.68. The van der Waals surface area contributed by atoms with Crippen LogP contribution >= 0.6 is 0 Å². The Kier molecular flexibility index (Phi) is 26.2. The lowest BCUT2D eigenvalue weighted by Crippen LogP contribution is -2.64. The van der Waals surface area contributed by atoms with E-state index in [2.05, 4.69) is 0 Å². The molecule has 65 heavy (non-hydrogen) atoms. The second-order valence-corrected chi connectivity index (χ2v) is 17.8. The maximum Gasteiger partial charge on any atom is 0.187 e. The molecule has 0 radical (unpaired) electrons. The van der Waals surface area contributed by atoms with Gasteiger partial charge in [-0.15, -0.1) is 0 Å². The lowest BCUT2D eigenvalue weighted by atomic mass is 9.94. The highest BCUT2D eigenvalue weighted by molar-refractivity contribution is 4.96. The van der Waals surface area contributed by atoms with Crippen LogP contribution in [-0.2, 0) is 37.9 Å². The smallest absolute Gasteiger partial charge is 0.187 e. The molecule has 14 N–H and O–H groups in total. The Bertz CT molecular complexity index is 1150. The Balaban J connectivity index is 0.929. The van der Waals surface area contributed by atoms with E-state index in [4.69, 9.17) is 37.9 Å². The van der Waals surface area contributed by atoms with E-state index in [1.165, 1.54) is 44.9 Å². The van der Waals surface area contributed by atoms with E-state index in [-0.39, 0.29) is 13.2 Å². The summed E-state index contributed by atoms with van der Waals surface area (Å²) in [6.07, 6.45) is -11.6. The van der Waals surface area contributed by atoms with Crippen molar-refractivity contribution in [2.75, 3.05) is 46.2 Å². The van der Waals surface area contributed by atoms with Crippen molar-refractivity contribution in [2.45, 2.75) is 225 Å². The number of rotatable bonds is 30. The minimum Gasteiger partial charge on any atom is -0.394 e. The maximum atomic E-state index is 10.8. The Morgan fingerprint density at radius 1 is 0.292 bits per heavy atom. The summed E-state index contributed by atoms with van der Waals surface area (Å²) in [4.78, 5) is 0. The topological polar surface area (TPSA) is 357 Å². The fourth-order valence-corrected chi connectivity index (χ4v) is 8.68. The van der Waals surface area contributed by atoms with Gasteiger partial charge >= 0.3 is 0 Å². The molecule has 4 saturated heterocycles. The highest BCUT2D eigenvalue weighted by Crippen LogP contribution is 2.31. The molecule has 4 aliphatic heterocycles. The minimum atomic E-state index is -1.73. The van der Waals surface area contributed by atoms with Crippen molar-refractivity contribution >= 4 is 0 Å². The van der Waals surface area contributed by atoms with Gasteiger partial charge in [0, 0.05) is 13.2 Å². The predicted octanol–water partition coefficient (Wildman–Crippen LogP) is -3.45. The molecule has 0 aromatic rings. The zero-order valence-electron chi connectivity index (χ0n) is 37.3. The van der Waals surface area contributed by atoms with Gasteiger partial charge < -0.3 is 109 Å². The average molecular weight is 949 g/mol. The number of hydrogen-bond acceptors (Lipinski definition) is 22. The number of hydrogen-bond donors (Lipinski definition) is 14. The minimum absolute atomic E-state index is 0.0234. The van der Waals surface area contributed by atoms with Crippen molar-refractivity contribution in [1.29, 1.82) is 0 Å². The largest absolute Gasteiger partial charge is 0.394 e. The van der Waals surface area contributed by atoms with Crippen LogP contribution in [0.15, 0.2) is 0 Å². The van der Waals surface area contributed by atoms with Gasteiger partial charge in [0.2, 0.25) is 0 Å². The Morgan fingerprint density at radius 3 is 1.03 bits per heavy atom. The molecule has 0 spiro atoms. The van der Waals surface area contributed by atoms with E-state index in [0.717, 1.165) is 51.4 Å². The first-order valence-corrected chi connectivity index (χ1v) is 23.7. The van der Waals surface area contributed by atoms with Crippen LogP contribution in [-0.4, -0.2) is 240 Å². The van der Waals surface area contributed by atoms with Crippen LogP contribution in [0.5, 0.6) is 0 Å². The Labute approximate surface area is 380 Å². The van der Waals surface area contributed by atoms with Gasteiger partial charge in [0.1, 0.15) is 104 Å². The van der Waals surface area contributed by atoms with Crippen molar-refractivity contribution in [3.05, 3.63) is 0 Å². The maximum absolute atomic E-state index is 10.8. The van der Waals surface area contributed by atoms with Crippen molar-refractivity contribution in [1.82, 2.24) is 0 Å². The van der Waals surface area contributed by atoms with Crippen LogP contribution in [0.1, 0.15) is 103 Å². The average Bonchev–Trinajstić information content (AvgIpc) is 3.30. The van der Waals surface area contributed by atoms with E-state index in [0.29, 0.717) is 13.0 Å². The molecule has 0 aliphatic carbocycles. The first kappa shape index (κ1) is 56.7. The van der Waals surface area contributed by atoms with Crippen LogP contribution in [0.4, 0.5) is 0 Å². The van der Waals surface area contributed by atoms with Crippen LogP contribution in [0.2, 0.25) is 0 Å². The number of ether oxygens (including phenoxy) is 8. The van der Waals surface area contributed by atoms with Crippen LogP contribution in [0.25, 0.3) is 0 Å². The van der Waals surface area contributed by atoms with Gasteiger partial charge in [-0.25, -0.2) is 0 Å². The Hall–Kier alpha value is -0.880. The normalized spacial score (nSPS) is 40.3. The number of aliphatic hydroxyl groups is 14. The molecule has 22 nitrogen and oxygen atoms in total. The second kappa shape index (κ2) is 30.0. The van der Waals surface area contributed by atoms with Gasteiger partial charge in [0.15, 0.2) is 18.9 Å². The monoisotopic (exact) mass is 949 g/mol. The molecule has 20 atom stereocenters. The summed E-state index contributed by atoms with van der Waals surface area (Å²) in [7, 11) is 0. The molecule has 0 saturated carbocycles. The van der Waals surface area contributed by atoms with Gasteiger partial charge in [-0.05, 0) is 12.8 Å². The molecule has 0 aromatic heterocycles. The van der Waals surface area contributed by atoms with Gasteiger partial charge in [0.05, 0.1) is 33.0 Å². The predicted molar refractivity (Wildman–Crippen MR) is 223 cm³/mol. The number of unbranched alkanes of at least 4 members (excludes halogenated alkanes) is 15. The van der Waals surface area contributed by atoms with Crippen LogP contribution < -0.4 is 0 Å². The summed E-state index contributed by atoms with van der Waals surface area (Å²) in [5.74, 6) is 0. The molecule has 4 fully saturated rings. The molecule has 4 heterocycles. The fraction of sp³-hybridized carbons (Fsp3) is 1.00. The molecule has 0 bridgehead atoms. The zero-order valence-corrected chi connectivity index (χ0v) is 37.3. The Morgan fingerprint density at radius 2 is 0.615 bits per heavy atom. The summed E-state index contributed by atoms with van der Waals surface area (Å²) >= 11 is 0. The summed E-state index contributed by atoms with van der Waals surface area (Å²) in [5.41, 5.74) is 0. The third kappa shape index (κ3) is 16.6. The summed E-state index contributed by atoms with van der Waals surface area (Å²) < 4.78 is 44.6. The quantitative estimate of drug-likeness (QED) is 0.0311. The number of aliphatic hydroxyl groups excluding tert-OH is 14. The highest BCUT2D eigenvalue weighted by Gasteiger charge is 2.52. The zero-order chi connectivity index (χ0) is 47.5. The SMILES string of the molecule is OCC1O[C@H](OC2C(CO)O[C@@H](OCCCCCCCCCCCCCCCCCCOC[C@@H]3OC(CO)C(O[C@@H]4OC(CO)C(O)[C@H](O)C4O)[C@H](O)C3O)C(O)[C@@H]2O)C(O)[C@H](O)C1O. The van der Waals surface area contributed by atoms with E-state index >= 15 is 0 Å². The van der Waals surface area contributed by atoms with Crippen molar-refractivity contribution in [2.24, 2.45) is 0 Å². The first-order chi connectivity index (χ1) is 31.3. The molecule has 22 heteroatoms. The van der Waals surface area contributed by atoms with E-state index in [1.807, 2.05) is 0 Å². The summed E-state index contributed by atoms with van der Waals surface area (Å²) in [6, 6.07) is 0. The van der Waals surface area contributed by atoms with Crippen LogP contribution in [0, 0.1) is 0 Å². The molecule has 0 aromatic carbocycles. The van der Waals surface area contributed by atoms with Crippen molar-refractivity contribution in [3.63, 3.8) is 0 Å². The van der Waals surface area contributed by atoms with Gasteiger partial charge in [-0.3, -0.25) is 0 Å². The molecular weight excluding hydrogens is 868 g/mol. The van der Waals surface area contributed by atoms with E-state index < -0.39 is 149 Å².